The highest BCUT2D eigenvalue weighted by Crippen LogP contribution is 2.29. The molecule has 2 aromatic heterocycles. The zero-order valence-electron chi connectivity index (χ0n) is 10.7. The second-order valence-corrected chi connectivity index (χ2v) is 6.14. The number of hydrogen-bond acceptors (Lipinski definition) is 4. The zero-order valence-corrected chi connectivity index (χ0v) is 13.1. The predicted octanol–water partition coefficient (Wildman–Crippen LogP) is 4.52. The van der Waals surface area contributed by atoms with Crippen molar-refractivity contribution in [3.63, 3.8) is 0 Å². The largest absolute Gasteiger partial charge is 0.370 e. The number of nitrogens with one attached hydrogen (secondary N) is 1. The van der Waals surface area contributed by atoms with Crippen LogP contribution in [0.25, 0.3) is 10.7 Å². The molecule has 0 amide bonds. The monoisotopic (exact) mass is 325 g/mol. The van der Waals surface area contributed by atoms with Gasteiger partial charge in [0.25, 0.3) is 0 Å². The average molecular weight is 326 g/mol. The van der Waals surface area contributed by atoms with Gasteiger partial charge in [-0.1, -0.05) is 13.8 Å². The van der Waals surface area contributed by atoms with Crippen molar-refractivity contribution in [1.82, 2.24) is 9.97 Å². The molecule has 2 aromatic rings. The van der Waals surface area contributed by atoms with Crippen LogP contribution in [0, 0.1) is 0 Å². The Kier molecular flexibility index (Phi) is 4.35. The second kappa shape index (κ2) is 5.80. The molecule has 0 saturated carbocycles. The summed E-state index contributed by atoms with van der Waals surface area (Å²) in [4.78, 5) is 10.3. The third-order valence-corrected chi connectivity index (χ3v) is 4.17. The van der Waals surface area contributed by atoms with Gasteiger partial charge in [-0.15, -0.1) is 11.3 Å². The zero-order chi connectivity index (χ0) is 13.1. The predicted molar refractivity (Wildman–Crippen MR) is 81.3 cm³/mol. The number of aromatic nitrogens is 2. The Morgan fingerprint density at radius 1 is 1.33 bits per heavy atom. The minimum absolute atomic E-state index is 0.396. The van der Waals surface area contributed by atoms with Crippen molar-refractivity contribution >= 4 is 33.1 Å². The van der Waals surface area contributed by atoms with Crippen molar-refractivity contribution in [1.29, 1.82) is 0 Å². The highest BCUT2D eigenvalue weighted by Gasteiger charge is 2.10. The van der Waals surface area contributed by atoms with Crippen molar-refractivity contribution in [3.05, 3.63) is 27.7 Å². The van der Waals surface area contributed by atoms with Crippen molar-refractivity contribution < 1.29 is 0 Å². The molecule has 0 bridgehead atoms. The molecular formula is C13H16BrN3S. The van der Waals surface area contributed by atoms with Crippen LogP contribution in [0.1, 0.15) is 32.4 Å². The molecule has 5 heteroatoms. The number of nitrogens with zero attached hydrogens (tertiary/aromatic N) is 2. The number of thiophene rings is 1. The Morgan fingerprint density at radius 2 is 2.11 bits per heavy atom. The molecule has 0 saturated heterocycles. The van der Waals surface area contributed by atoms with Gasteiger partial charge in [0.15, 0.2) is 5.82 Å². The van der Waals surface area contributed by atoms with E-state index in [1.165, 1.54) is 0 Å². The first-order valence-corrected chi connectivity index (χ1v) is 7.64. The maximum absolute atomic E-state index is 4.64. The van der Waals surface area contributed by atoms with Gasteiger partial charge in [-0.3, -0.25) is 0 Å². The third kappa shape index (κ3) is 3.09. The number of anilines is 1. The number of rotatable bonds is 4. The fraction of sp³-hybridized carbons (Fsp3) is 0.385. The first kappa shape index (κ1) is 13.5. The fourth-order valence-electron chi connectivity index (χ4n) is 1.57. The van der Waals surface area contributed by atoms with Gasteiger partial charge in [-0.2, -0.15) is 0 Å². The van der Waals surface area contributed by atoms with E-state index in [0.29, 0.717) is 5.92 Å². The molecule has 0 fully saturated rings. The van der Waals surface area contributed by atoms with E-state index in [4.69, 9.17) is 0 Å². The Labute approximate surface area is 120 Å². The van der Waals surface area contributed by atoms with Crippen LogP contribution < -0.4 is 5.32 Å². The Bertz CT molecular complexity index is 537. The Morgan fingerprint density at radius 3 is 2.67 bits per heavy atom. The van der Waals surface area contributed by atoms with E-state index in [0.717, 1.165) is 33.2 Å². The van der Waals surface area contributed by atoms with Gasteiger partial charge < -0.3 is 5.32 Å². The summed E-state index contributed by atoms with van der Waals surface area (Å²) >= 11 is 5.12. The average Bonchev–Trinajstić information content (AvgIpc) is 2.76. The van der Waals surface area contributed by atoms with E-state index in [9.17, 15) is 0 Å². The van der Waals surface area contributed by atoms with Crippen LogP contribution in [0.2, 0.25) is 0 Å². The molecule has 18 heavy (non-hydrogen) atoms. The van der Waals surface area contributed by atoms with Crippen molar-refractivity contribution in [2.75, 3.05) is 11.9 Å². The molecule has 0 unspecified atom stereocenters. The number of hydrogen-bond donors (Lipinski definition) is 1. The van der Waals surface area contributed by atoms with Crippen LogP contribution in [0.5, 0.6) is 0 Å². The second-order valence-electron chi connectivity index (χ2n) is 4.32. The van der Waals surface area contributed by atoms with E-state index < -0.39 is 0 Å². The topological polar surface area (TPSA) is 37.8 Å². The van der Waals surface area contributed by atoms with Gasteiger partial charge in [0.2, 0.25) is 0 Å². The van der Waals surface area contributed by atoms with Gasteiger partial charge in [0.1, 0.15) is 5.82 Å². The Balaban J connectivity index is 2.45. The highest BCUT2D eigenvalue weighted by atomic mass is 79.9. The van der Waals surface area contributed by atoms with Crippen LogP contribution in [-0.2, 0) is 0 Å². The molecule has 2 heterocycles. The van der Waals surface area contributed by atoms with Crippen LogP contribution in [0.4, 0.5) is 5.82 Å². The summed E-state index contributed by atoms with van der Waals surface area (Å²) in [5.41, 5.74) is 1.07. The molecular weight excluding hydrogens is 310 g/mol. The maximum atomic E-state index is 4.64. The van der Waals surface area contributed by atoms with E-state index in [1.54, 1.807) is 11.3 Å². The van der Waals surface area contributed by atoms with E-state index in [-0.39, 0.29) is 0 Å². The van der Waals surface area contributed by atoms with E-state index >= 15 is 0 Å². The van der Waals surface area contributed by atoms with Crippen molar-refractivity contribution in [3.8, 4) is 10.7 Å². The molecule has 3 nitrogen and oxygen atoms in total. The summed E-state index contributed by atoms with van der Waals surface area (Å²) in [5, 5.41) is 5.31. The summed E-state index contributed by atoms with van der Waals surface area (Å²) in [5.74, 6) is 2.09. The quantitative estimate of drug-likeness (QED) is 0.897. The van der Waals surface area contributed by atoms with Gasteiger partial charge in [0.05, 0.1) is 4.88 Å². The molecule has 0 aromatic carbocycles. The van der Waals surface area contributed by atoms with Crippen molar-refractivity contribution in [2.45, 2.75) is 26.7 Å². The van der Waals surface area contributed by atoms with Crippen LogP contribution in [-0.4, -0.2) is 16.5 Å². The lowest BCUT2D eigenvalue weighted by molar-refractivity contribution is 0.817. The van der Waals surface area contributed by atoms with Gasteiger partial charge in [0, 0.05) is 28.2 Å². The first-order chi connectivity index (χ1) is 8.60. The molecule has 1 N–H and O–H groups in total. The van der Waals surface area contributed by atoms with Crippen molar-refractivity contribution in [2.24, 2.45) is 0 Å². The van der Waals surface area contributed by atoms with E-state index in [1.807, 2.05) is 11.4 Å². The summed E-state index contributed by atoms with van der Waals surface area (Å²) < 4.78 is 1.08. The normalized spacial score (nSPS) is 10.9. The van der Waals surface area contributed by atoms with Crippen LogP contribution >= 0.6 is 27.3 Å². The molecule has 0 atom stereocenters. The number of halogens is 1. The molecule has 0 aliphatic heterocycles. The lowest BCUT2D eigenvalue weighted by atomic mass is 10.1. The standard InChI is InChI=1S/C13H16BrN3S/c1-4-15-12-6-10(8(2)3)16-13(17-12)11-5-9(14)7-18-11/h5-8H,4H2,1-3H3,(H,15,16,17). The summed E-state index contributed by atoms with van der Waals surface area (Å²) in [6.07, 6.45) is 0. The summed E-state index contributed by atoms with van der Waals surface area (Å²) in [6, 6.07) is 4.08. The van der Waals surface area contributed by atoms with Gasteiger partial charge in [-0.05, 0) is 34.8 Å². The first-order valence-electron chi connectivity index (χ1n) is 5.97. The summed E-state index contributed by atoms with van der Waals surface area (Å²) in [7, 11) is 0. The van der Waals surface area contributed by atoms with E-state index in [2.05, 4.69) is 58.1 Å². The minimum atomic E-state index is 0.396. The smallest absolute Gasteiger partial charge is 0.171 e. The van der Waals surface area contributed by atoms with Crippen LogP contribution in [0.15, 0.2) is 22.0 Å². The van der Waals surface area contributed by atoms with Crippen LogP contribution in [0.3, 0.4) is 0 Å². The lowest BCUT2D eigenvalue weighted by Gasteiger charge is -2.10. The minimum Gasteiger partial charge on any atom is -0.370 e. The highest BCUT2D eigenvalue weighted by molar-refractivity contribution is 9.10. The molecule has 0 radical (unpaired) electrons. The molecule has 0 spiro atoms. The summed E-state index contributed by atoms with van der Waals surface area (Å²) in [6.45, 7) is 7.22. The third-order valence-electron chi connectivity index (χ3n) is 2.48. The molecule has 96 valence electrons. The van der Waals surface area contributed by atoms with Gasteiger partial charge in [-0.25, -0.2) is 9.97 Å². The lowest BCUT2D eigenvalue weighted by Crippen LogP contribution is -2.04. The fourth-order valence-corrected chi connectivity index (χ4v) is 2.93. The SMILES string of the molecule is CCNc1cc(C(C)C)nc(-c2cc(Br)cs2)n1. The molecule has 2 rings (SSSR count). The van der Waals surface area contributed by atoms with Gasteiger partial charge >= 0.3 is 0 Å². The molecule has 0 aliphatic carbocycles. The maximum Gasteiger partial charge on any atom is 0.171 e. The Hall–Kier alpha value is -0.940. The molecule has 0 aliphatic rings.